The van der Waals surface area contributed by atoms with Crippen molar-refractivity contribution in [1.29, 1.82) is 0 Å². The number of ether oxygens (including phenoxy) is 1. The van der Waals surface area contributed by atoms with Crippen LogP contribution in [0.2, 0.25) is 0 Å². The van der Waals surface area contributed by atoms with E-state index in [1.807, 2.05) is 0 Å². The summed E-state index contributed by atoms with van der Waals surface area (Å²) in [5.41, 5.74) is 1.09. The van der Waals surface area contributed by atoms with Crippen LogP contribution in [-0.2, 0) is 28.7 Å². The van der Waals surface area contributed by atoms with Gasteiger partial charge in [0, 0.05) is 43.3 Å². The average molecular weight is 791 g/mol. The van der Waals surface area contributed by atoms with Crippen LogP contribution in [0.3, 0.4) is 0 Å². The van der Waals surface area contributed by atoms with E-state index >= 15 is 0 Å². The minimum atomic E-state index is -1.17. The van der Waals surface area contributed by atoms with Crippen molar-refractivity contribution < 1.29 is 33.8 Å². The Morgan fingerprint density at radius 3 is 2.23 bits per heavy atom. The van der Waals surface area contributed by atoms with Crippen LogP contribution in [0.15, 0.2) is 11.1 Å². The maximum absolute atomic E-state index is 14.3. The summed E-state index contributed by atoms with van der Waals surface area (Å²) in [7, 11) is 0. The first-order valence-electron chi connectivity index (χ1n) is 22.9. The Kier molecular flexibility index (Phi) is 11.0. The second-order valence-electron chi connectivity index (χ2n) is 22.5. The highest BCUT2D eigenvalue weighted by molar-refractivity contribution is 6.00. The van der Waals surface area contributed by atoms with E-state index in [0.717, 1.165) is 89.2 Å². The van der Waals surface area contributed by atoms with Crippen LogP contribution in [0.1, 0.15) is 165 Å². The average Bonchev–Trinajstić information content (AvgIpc) is 3.64. The van der Waals surface area contributed by atoms with E-state index < -0.39 is 17.4 Å². The molecule has 1 unspecified atom stereocenters. The molecule has 0 spiro atoms. The number of rotatable bonds is 12. The summed E-state index contributed by atoms with van der Waals surface area (Å²) in [6.45, 7) is 22.1. The maximum Gasteiger partial charge on any atom is 0.309 e. The molecule has 318 valence electrons. The van der Waals surface area contributed by atoms with Crippen LogP contribution in [-0.4, -0.2) is 76.7 Å². The summed E-state index contributed by atoms with van der Waals surface area (Å²) in [5, 5.41) is 9.65. The molecule has 7 rings (SSSR count). The number of aliphatic carboxylic acids is 1. The SMILES string of the molecule is CC(C)C1=C2[C@H]3CCC4[C@@]5(C)CC[C@H](OC(=O)CC(C)(C)C(=O)O)C(C)(C)[C@H]5CC[C@@]4(C)[C@]3(C)CC[C@@]2(CCN(CC2CCC2)C(=O)CN2CCCC2=O)CC1=O. The van der Waals surface area contributed by atoms with Crippen LogP contribution in [0.25, 0.3) is 0 Å². The lowest BCUT2D eigenvalue weighted by atomic mass is 9.33. The number of carboxylic acid groups (broad SMARTS) is 1. The second-order valence-corrected chi connectivity index (χ2v) is 22.5. The van der Waals surface area contributed by atoms with E-state index in [4.69, 9.17) is 4.74 Å². The molecule has 9 nitrogen and oxygen atoms in total. The number of allylic oxidation sites excluding steroid dienone is 2. The molecule has 1 saturated heterocycles. The molecule has 6 aliphatic carbocycles. The molecule has 0 bridgehead atoms. The van der Waals surface area contributed by atoms with Gasteiger partial charge in [-0.05, 0) is 142 Å². The zero-order chi connectivity index (χ0) is 41.5. The van der Waals surface area contributed by atoms with E-state index in [9.17, 15) is 29.1 Å². The fourth-order valence-corrected chi connectivity index (χ4v) is 14.7. The largest absolute Gasteiger partial charge is 0.481 e. The number of amides is 2. The van der Waals surface area contributed by atoms with Gasteiger partial charge in [-0.2, -0.15) is 0 Å². The van der Waals surface area contributed by atoms with Gasteiger partial charge in [-0.1, -0.05) is 60.5 Å². The predicted molar refractivity (Wildman–Crippen MR) is 220 cm³/mol. The summed E-state index contributed by atoms with van der Waals surface area (Å²) in [6.07, 6.45) is 14.1. The highest BCUT2D eigenvalue weighted by Gasteiger charge is 2.70. The number of Topliss-reactive ketones (excluding diaryl/α,β-unsaturated/α-hetero) is 1. The van der Waals surface area contributed by atoms with Crippen molar-refractivity contribution in [2.24, 2.45) is 62.1 Å². The predicted octanol–water partition coefficient (Wildman–Crippen LogP) is 9.02. The van der Waals surface area contributed by atoms with Crippen molar-refractivity contribution in [2.75, 3.05) is 26.2 Å². The number of ketones is 1. The van der Waals surface area contributed by atoms with E-state index in [-0.39, 0.29) is 63.9 Å². The lowest BCUT2D eigenvalue weighted by Crippen LogP contribution is -2.65. The van der Waals surface area contributed by atoms with Gasteiger partial charge >= 0.3 is 11.9 Å². The van der Waals surface area contributed by atoms with Gasteiger partial charge in [0.15, 0.2) is 5.78 Å². The third-order valence-corrected chi connectivity index (χ3v) is 18.4. The number of esters is 1. The zero-order valence-electron chi connectivity index (χ0n) is 36.9. The fourth-order valence-electron chi connectivity index (χ4n) is 14.7. The minimum Gasteiger partial charge on any atom is -0.481 e. The normalized spacial score (nSPS) is 37.6. The lowest BCUT2D eigenvalue weighted by Gasteiger charge is -2.72. The smallest absolute Gasteiger partial charge is 0.309 e. The number of hydrogen-bond acceptors (Lipinski definition) is 6. The summed E-state index contributed by atoms with van der Waals surface area (Å²) >= 11 is 0. The summed E-state index contributed by atoms with van der Waals surface area (Å²) in [4.78, 5) is 69.5. The monoisotopic (exact) mass is 791 g/mol. The Hall–Kier alpha value is -2.71. The van der Waals surface area contributed by atoms with Gasteiger partial charge in [0.05, 0.1) is 18.4 Å². The molecule has 5 saturated carbocycles. The van der Waals surface area contributed by atoms with Gasteiger partial charge in [-0.3, -0.25) is 24.0 Å². The molecule has 57 heavy (non-hydrogen) atoms. The number of nitrogens with zero attached hydrogens (tertiary/aromatic N) is 2. The van der Waals surface area contributed by atoms with Gasteiger partial charge in [0.1, 0.15) is 6.10 Å². The summed E-state index contributed by atoms with van der Waals surface area (Å²) < 4.78 is 6.20. The van der Waals surface area contributed by atoms with Crippen molar-refractivity contribution in [2.45, 2.75) is 171 Å². The molecule has 6 fully saturated rings. The molecule has 0 radical (unpaired) electrons. The lowest BCUT2D eigenvalue weighted by molar-refractivity contribution is -0.233. The van der Waals surface area contributed by atoms with Crippen LogP contribution < -0.4 is 0 Å². The number of carboxylic acids is 1. The Morgan fingerprint density at radius 2 is 1.61 bits per heavy atom. The highest BCUT2D eigenvalue weighted by atomic mass is 16.5. The number of likely N-dealkylation sites (tertiary alicyclic amines) is 1. The summed E-state index contributed by atoms with van der Waals surface area (Å²) in [5.74, 6) is 0.982. The molecule has 0 aromatic rings. The molecule has 2 amide bonds. The molecule has 0 aromatic carbocycles. The standard InChI is InChI=1S/C48H74N2O7/c1-30(2)40-33(51)26-48(23-25-50(28-31-12-10-13-31)38(53)29-49-24-11-14-37(49)52)22-21-46(8)32(41(40)48)15-16-35-45(7)19-18-36(57-39(54)27-43(3,4)42(55)56)44(5,6)34(45)17-20-47(35,46)9/h30-32,34-36H,10-29H2,1-9H3,(H,55,56)/t32-,34-,35?,36+,45+,46-,47-,48-/m1/s1. The fraction of sp³-hybridized carbons (Fsp3) is 0.854. The Bertz CT molecular complexity index is 1690. The number of carbonyl (C=O) groups excluding carboxylic acids is 4. The third kappa shape index (κ3) is 6.92. The molecule has 0 aromatic heterocycles. The Morgan fingerprint density at radius 1 is 0.895 bits per heavy atom. The van der Waals surface area contributed by atoms with E-state index in [0.29, 0.717) is 55.4 Å². The van der Waals surface area contributed by atoms with Gasteiger partial charge < -0.3 is 19.6 Å². The van der Waals surface area contributed by atoms with Crippen LogP contribution in [0, 0.1) is 62.1 Å². The van der Waals surface area contributed by atoms with Gasteiger partial charge in [-0.25, -0.2) is 0 Å². The molecular formula is C48H74N2O7. The molecular weight excluding hydrogens is 717 g/mol. The van der Waals surface area contributed by atoms with Crippen molar-refractivity contribution in [3.63, 3.8) is 0 Å². The molecule has 1 N–H and O–H groups in total. The first kappa shape index (κ1) is 42.4. The molecule has 7 aliphatic rings. The molecule has 8 atom stereocenters. The first-order chi connectivity index (χ1) is 26.6. The van der Waals surface area contributed by atoms with E-state index in [1.54, 1.807) is 18.7 Å². The van der Waals surface area contributed by atoms with Gasteiger partial charge in [0.2, 0.25) is 11.8 Å². The van der Waals surface area contributed by atoms with E-state index in [2.05, 4.69) is 53.4 Å². The number of carbonyl (C=O) groups is 5. The van der Waals surface area contributed by atoms with Crippen molar-refractivity contribution in [3.05, 3.63) is 11.1 Å². The molecule has 9 heteroatoms. The minimum absolute atomic E-state index is 0.0287. The Labute approximate surface area is 342 Å². The van der Waals surface area contributed by atoms with Crippen LogP contribution in [0.4, 0.5) is 0 Å². The van der Waals surface area contributed by atoms with Crippen molar-refractivity contribution in [3.8, 4) is 0 Å². The number of fused-ring (bicyclic) bond motifs is 7. The first-order valence-corrected chi connectivity index (χ1v) is 22.9. The quantitative estimate of drug-likeness (QED) is 0.196. The van der Waals surface area contributed by atoms with Crippen LogP contribution in [0.5, 0.6) is 0 Å². The third-order valence-electron chi connectivity index (χ3n) is 18.4. The molecule has 1 heterocycles. The second kappa shape index (κ2) is 14.8. The summed E-state index contributed by atoms with van der Waals surface area (Å²) in [6, 6.07) is 0. The zero-order valence-corrected chi connectivity index (χ0v) is 36.9. The maximum atomic E-state index is 14.3. The number of hydrogen-bond donors (Lipinski definition) is 1. The molecule has 1 aliphatic heterocycles. The van der Waals surface area contributed by atoms with Crippen LogP contribution >= 0.6 is 0 Å². The highest BCUT2D eigenvalue weighted by Crippen LogP contribution is 2.77. The van der Waals surface area contributed by atoms with Crippen molar-refractivity contribution in [1.82, 2.24) is 9.80 Å². The van der Waals surface area contributed by atoms with E-state index in [1.165, 1.54) is 12.0 Å². The Balaban J connectivity index is 1.13. The van der Waals surface area contributed by atoms with Gasteiger partial charge in [0.25, 0.3) is 0 Å². The van der Waals surface area contributed by atoms with Gasteiger partial charge in [-0.15, -0.1) is 0 Å². The van der Waals surface area contributed by atoms with Crippen molar-refractivity contribution >= 4 is 29.5 Å². The topological polar surface area (TPSA) is 121 Å².